The molecule has 3 heterocycles. The molecule has 0 saturated heterocycles. The highest BCUT2D eigenvalue weighted by molar-refractivity contribution is 6.30. The quantitative estimate of drug-likeness (QED) is 0.288. The molecule has 0 aliphatic carbocycles. The Balaban J connectivity index is 2.08. The van der Waals surface area contributed by atoms with Crippen LogP contribution < -0.4 is 0 Å². The fraction of sp³-hybridized carbons (Fsp3) is 0.345. The summed E-state index contributed by atoms with van der Waals surface area (Å²) in [6.45, 7) is 14.4. The van der Waals surface area contributed by atoms with Gasteiger partial charge in [0, 0.05) is 51.9 Å². The fourth-order valence-corrected chi connectivity index (χ4v) is 4.72. The number of ketones is 1. The van der Waals surface area contributed by atoms with Gasteiger partial charge >= 0.3 is 0 Å². The van der Waals surface area contributed by atoms with Gasteiger partial charge in [-0.1, -0.05) is 23.7 Å². The van der Waals surface area contributed by atoms with E-state index in [2.05, 4.69) is 23.4 Å². The molecule has 0 fully saturated rings. The number of pyridine rings is 2. The molecule has 0 aliphatic heterocycles. The molecule has 0 saturated carbocycles. The number of aryl methyl sites for hydroxylation is 2. The Bertz CT molecular complexity index is 1380. The normalized spacial score (nSPS) is 12.8. The molecular formula is C29H32ClN3O2. The Kier molecular flexibility index (Phi) is 6.85. The zero-order valence-corrected chi connectivity index (χ0v) is 22.2. The van der Waals surface area contributed by atoms with Crippen molar-refractivity contribution in [2.24, 2.45) is 0 Å². The number of Topliss-reactive ketones (excluding diaryl/α,β-unsaturated/α-hetero) is 1. The third kappa shape index (κ3) is 5.02. The maximum atomic E-state index is 13.0. The van der Waals surface area contributed by atoms with Crippen molar-refractivity contribution in [3.63, 3.8) is 0 Å². The van der Waals surface area contributed by atoms with Crippen molar-refractivity contribution in [1.29, 1.82) is 0 Å². The molecule has 3 aromatic heterocycles. The number of hydrogen-bond donors (Lipinski definition) is 0. The summed E-state index contributed by atoms with van der Waals surface area (Å²) in [6, 6.07) is 11.8. The van der Waals surface area contributed by atoms with Crippen LogP contribution in [0.15, 0.2) is 48.8 Å². The van der Waals surface area contributed by atoms with Crippen LogP contribution in [-0.2, 0) is 16.1 Å². The van der Waals surface area contributed by atoms with E-state index >= 15 is 0 Å². The monoisotopic (exact) mass is 489 g/mol. The maximum Gasteiger partial charge on any atom is 0.163 e. The lowest BCUT2D eigenvalue weighted by Crippen LogP contribution is -2.27. The Morgan fingerprint density at radius 3 is 2.26 bits per heavy atom. The number of halogens is 1. The van der Waals surface area contributed by atoms with E-state index < -0.39 is 11.7 Å². The average molecular weight is 490 g/mol. The number of carbonyl (C=O) groups excluding carboxylic acids is 1. The number of rotatable bonds is 6. The van der Waals surface area contributed by atoms with E-state index in [0.717, 1.165) is 50.2 Å². The molecule has 0 radical (unpaired) electrons. The van der Waals surface area contributed by atoms with Gasteiger partial charge in [0.25, 0.3) is 0 Å². The highest BCUT2D eigenvalue weighted by Gasteiger charge is 2.31. The van der Waals surface area contributed by atoms with E-state index in [4.69, 9.17) is 21.3 Å². The lowest BCUT2D eigenvalue weighted by molar-refractivity contribution is -0.138. The third-order valence-corrected chi connectivity index (χ3v) is 6.56. The first-order valence-corrected chi connectivity index (χ1v) is 12.2. The van der Waals surface area contributed by atoms with Gasteiger partial charge in [0.2, 0.25) is 0 Å². The molecule has 0 amide bonds. The summed E-state index contributed by atoms with van der Waals surface area (Å²) in [5.41, 5.74) is 7.34. The summed E-state index contributed by atoms with van der Waals surface area (Å²) < 4.78 is 8.58. The number of hydrogen-bond acceptors (Lipinski definition) is 4. The molecule has 35 heavy (non-hydrogen) atoms. The van der Waals surface area contributed by atoms with Crippen LogP contribution in [0.25, 0.3) is 22.2 Å². The minimum Gasteiger partial charge on any atom is -0.360 e. The van der Waals surface area contributed by atoms with Crippen molar-refractivity contribution in [1.82, 2.24) is 14.5 Å². The van der Waals surface area contributed by atoms with Gasteiger partial charge in [-0.05, 0) is 89.4 Å². The molecule has 0 aliphatic rings. The van der Waals surface area contributed by atoms with E-state index in [1.54, 1.807) is 19.3 Å². The minimum atomic E-state index is -0.735. The lowest BCUT2D eigenvalue weighted by Gasteiger charge is -2.29. The Hall–Kier alpha value is -3.02. The SMILES string of the molecule is CC(=O)C(OC(C)(C)C)c1c(C)nc2c(c(C)c(C)n2Cc2ccncc2)c1-c1ccc(Cl)cc1. The highest BCUT2D eigenvalue weighted by atomic mass is 35.5. The van der Waals surface area contributed by atoms with Crippen LogP contribution in [0.4, 0.5) is 0 Å². The van der Waals surface area contributed by atoms with Gasteiger partial charge in [-0.3, -0.25) is 9.78 Å². The zero-order valence-electron chi connectivity index (χ0n) is 21.4. The molecule has 4 rings (SSSR count). The zero-order chi connectivity index (χ0) is 25.5. The predicted molar refractivity (Wildman–Crippen MR) is 142 cm³/mol. The van der Waals surface area contributed by atoms with E-state index in [1.165, 1.54) is 0 Å². The molecule has 1 aromatic carbocycles. The molecule has 4 aromatic rings. The fourth-order valence-electron chi connectivity index (χ4n) is 4.60. The van der Waals surface area contributed by atoms with E-state index in [0.29, 0.717) is 11.6 Å². The summed E-state index contributed by atoms with van der Waals surface area (Å²) in [7, 11) is 0. The molecule has 0 bridgehead atoms. The van der Waals surface area contributed by atoms with E-state index in [-0.39, 0.29) is 5.78 Å². The van der Waals surface area contributed by atoms with Crippen LogP contribution in [0, 0.1) is 20.8 Å². The van der Waals surface area contributed by atoms with Crippen molar-refractivity contribution in [3.05, 3.63) is 81.9 Å². The Morgan fingerprint density at radius 1 is 1.06 bits per heavy atom. The first-order chi connectivity index (χ1) is 16.5. The van der Waals surface area contributed by atoms with Gasteiger partial charge in [0.15, 0.2) is 5.78 Å². The number of benzene rings is 1. The lowest BCUT2D eigenvalue weighted by atomic mass is 9.90. The second-order valence-corrected chi connectivity index (χ2v) is 10.5. The van der Waals surface area contributed by atoms with Crippen LogP contribution in [0.1, 0.15) is 61.9 Å². The highest BCUT2D eigenvalue weighted by Crippen LogP contribution is 2.42. The van der Waals surface area contributed by atoms with Crippen molar-refractivity contribution >= 4 is 28.4 Å². The minimum absolute atomic E-state index is 0.0509. The van der Waals surface area contributed by atoms with Crippen LogP contribution in [0.2, 0.25) is 5.02 Å². The summed E-state index contributed by atoms with van der Waals surface area (Å²) in [5, 5.41) is 1.69. The summed E-state index contributed by atoms with van der Waals surface area (Å²) >= 11 is 6.24. The maximum absolute atomic E-state index is 13.0. The van der Waals surface area contributed by atoms with Gasteiger partial charge in [-0.25, -0.2) is 4.98 Å². The molecular weight excluding hydrogens is 458 g/mol. The van der Waals surface area contributed by atoms with Gasteiger partial charge < -0.3 is 9.30 Å². The van der Waals surface area contributed by atoms with Gasteiger partial charge in [-0.2, -0.15) is 0 Å². The summed E-state index contributed by atoms with van der Waals surface area (Å²) in [5.74, 6) is -0.0509. The van der Waals surface area contributed by atoms with Crippen molar-refractivity contribution < 1.29 is 9.53 Å². The molecule has 0 spiro atoms. The van der Waals surface area contributed by atoms with Gasteiger partial charge in [0.05, 0.1) is 5.60 Å². The molecule has 1 atom stereocenters. The Labute approximate surface area is 212 Å². The number of ether oxygens (including phenoxy) is 1. The van der Waals surface area contributed by atoms with Crippen LogP contribution in [0.3, 0.4) is 0 Å². The Morgan fingerprint density at radius 2 is 1.69 bits per heavy atom. The van der Waals surface area contributed by atoms with Crippen molar-refractivity contribution in [3.8, 4) is 11.1 Å². The average Bonchev–Trinajstić information content (AvgIpc) is 3.02. The van der Waals surface area contributed by atoms with Crippen molar-refractivity contribution in [2.45, 2.75) is 66.7 Å². The van der Waals surface area contributed by atoms with Crippen LogP contribution in [-0.4, -0.2) is 25.9 Å². The van der Waals surface area contributed by atoms with Crippen LogP contribution in [0.5, 0.6) is 0 Å². The number of nitrogens with zero attached hydrogens (tertiary/aromatic N) is 3. The predicted octanol–water partition coefficient (Wildman–Crippen LogP) is 7.17. The second-order valence-electron chi connectivity index (χ2n) is 10.1. The van der Waals surface area contributed by atoms with Gasteiger partial charge in [-0.15, -0.1) is 0 Å². The van der Waals surface area contributed by atoms with Crippen molar-refractivity contribution in [2.75, 3.05) is 0 Å². The number of aromatic nitrogens is 3. The smallest absolute Gasteiger partial charge is 0.163 e. The van der Waals surface area contributed by atoms with Crippen LogP contribution >= 0.6 is 11.6 Å². The molecule has 182 valence electrons. The molecule has 6 heteroatoms. The molecule has 5 nitrogen and oxygen atoms in total. The van der Waals surface area contributed by atoms with E-state index in [9.17, 15) is 4.79 Å². The molecule has 0 N–H and O–H groups in total. The number of carbonyl (C=O) groups is 1. The second kappa shape index (κ2) is 9.56. The topological polar surface area (TPSA) is 57.0 Å². The standard InChI is InChI=1S/C29H32ClN3O2/c1-17-19(3)33(16-21-12-14-31-15-13-21)28-24(17)26(22-8-10-23(30)11-9-22)25(18(2)32-28)27(20(4)34)35-29(5,6)7/h8-15,27H,16H2,1-7H3. The summed E-state index contributed by atoms with van der Waals surface area (Å²) in [6.07, 6.45) is 2.88. The number of fused-ring (bicyclic) bond motifs is 1. The third-order valence-electron chi connectivity index (χ3n) is 6.31. The summed E-state index contributed by atoms with van der Waals surface area (Å²) in [4.78, 5) is 22.2. The van der Waals surface area contributed by atoms with E-state index in [1.807, 2.05) is 64.1 Å². The van der Waals surface area contributed by atoms with Gasteiger partial charge in [0.1, 0.15) is 11.8 Å². The largest absolute Gasteiger partial charge is 0.360 e. The first-order valence-electron chi connectivity index (χ1n) is 11.8. The first kappa shape index (κ1) is 25.1. The molecule has 1 unspecified atom stereocenters.